The average molecular weight is 657 g/mol. The number of hydrogen-bond acceptors (Lipinski definition) is 2. The van der Waals surface area contributed by atoms with Gasteiger partial charge in [0.25, 0.3) is 0 Å². The molecular formula is C48H32OS. The zero-order valence-corrected chi connectivity index (χ0v) is 28.6. The Morgan fingerprint density at radius 1 is 0.520 bits per heavy atom. The minimum Gasteiger partial charge on any atom is -0.455 e. The molecule has 0 bridgehead atoms. The van der Waals surface area contributed by atoms with Gasteiger partial charge in [-0.25, -0.2) is 0 Å². The number of furan rings is 1. The molecule has 0 N–H and O–H groups in total. The summed E-state index contributed by atoms with van der Waals surface area (Å²) in [6.07, 6.45) is 6.34. The third-order valence-electron chi connectivity index (χ3n) is 10.4. The quantitative estimate of drug-likeness (QED) is 0.136. The molecule has 0 amide bonds. The number of thiophene rings is 1. The second-order valence-corrected chi connectivity index (χ2v) is 14.2. The van der Waals surface area contributed by atoms with Crippen LogP contribution in [0.2, 0.25) is 0 Å². The highest BCUT2D eigenvalue weighted by molar-refractivity contribution is 7.26. The molecule has 8 aromatic carbocycles. The van der Waals surface area contributed by atoms with Crippen LogP contribution >= 0.6 is 11.3 Å². The van der Waals surface area contributed by atoms with Gasteiger partial charge in [-0.2, -0.15) is 0 Å². The number of fused-ring (bicyclic) bond motifs is 11. The lowest BCUT2D eigenvalue weighted by molar-refractivity contribution is 0.672. The Kier molecular flexibility index (Phi) is 6.55. The second-order valence-electron chi connectivity index (χ2n) is 13.2. The molecule has 10 aromatic rings. The summed E-state index contributed by atoms with van der Waals surface area (Å²) in [6.45, 7) is 4.22. The van der Waals surface area contributed by atoms with E-state index in [1.807, 2.05) is 17.4 Å². The van der Waals surface area contributed by atoms with Crippen LogP contribution in [0.1, 0.15) is 19.4 Å². The van der Waals surface area contributed by atoms with E-state index < -0.39 is 0 Å². The first-order chi connectivity index (χ1) is 24.7. The molecule has 50 heavy (non-hydrogen) atoms. The molecule has 0 aliphatic carbocycles. The highest BCUT2D eigenvalue weighted by Crippen LogP contribution is 2.47. The van der Waals surface area contributed by atoms with Crippen LogP contribution in [0.4, 0.5) is 0 Å². The number of hydrogen-bond donors (Lipinski definition) is 0. The lowest BCUT2D eigenvalue weighted by Crippen LogP contribution is -1.91. The average Bonchev–Trinajstić information content (AvgIpc) is 3.74. The van der Waals surface area contributed by atoms with Crippen LogP contribution in [0.3, 0.4) is 0 Å². The van der Waals surface area contributed by atoms with Gasteiger partial charge in [0.2, 0.25) is 0 Å². The number of para-hydroxylation sites is 1. The van der Waals surface area contributed by atoms with Crippen LogP contribution in [0.25, 0.3) is 102 Å². The highest BCUT2D eigenvalue weighted by Gasteiger charge is 2.19. The molecule has 0 spiro atoms. The van der Waals surface area contributed by atoms with Gasteiger partial charge in [0.1, 0.15) is 11.2 Å². The smallest absolute Gasteiger partial charge is 0.143 e. The topological polar surface area (TPSA) is 13.1 Å². The molecule has 236 valence electrons. The van der Waals surface area contributed by atoms with Crippen LogP contribution in [-0.4, -0.2) is 0 Å². The maximum Gasteiger partial charge on any atom is 0.143 e. The van der Waals surface area contributed by atoms with E-state index in [0.717, 1.165) is 11.2 Å². The fraction of sp³-hybridized carbons (Fsp3) is 0.0417. The molecule has 2 heterocycles. The molecule has 1 nitrogen and oxygen atoms in total. The Labute approximate surface area is 294 Å². The van der Waals surface area contributed by atoms with Crippen molar-refractivity contribution in [2.75, 3.05) is 0 Å². The van der Waals surface area contributed by atoms with Crippen LogP contribution in [0.15, 0.2) is 162 Å². The van der Waals surface area contributed by atoms with Crippen molar-refractivity contribution in [2.24, 2.45) is 0 Å². The zero-order chi connectivity index (χ0) is 33.3. The van der Waals surface area contributed by atoms with Crippen LogP contribution in [0, 0.1) is 0 Å². The van der Waals surface area contributed by atoms with E-state index in [0.29, 0.717) is 0 Å². The molecule has 0 atom stereocenters. The highest BCUT2D eigenvalue weighted by atomic mass is 32.1. The summed E-state index contributed by atoms with van der Waals surface area (Å²) >= 11 is 1.88. The maximum atomic E-state index is 6.42. The normalized spacial score (nSPS) is 12.6. The first-order valence-corrected chi connectivity index (χ1v) is 18.0. The van der Waals surface area contributed by atoms with Crippen LogP contribution < -0.4 is 0 Å². The predicted molar refractivity (Wildman–Crippen MR) is 218 cm³/mol. The van der Waals surface area contributed by atoms with Gasteiger partial charge < -0.3 is 4.42 Å². The van der Waals surface area contributed by atoms with Crippen molar-refractivity contribution in [1.82, 2.24) is 0 Å². The second kappa shape index (κ2) is 11.3. The number of rotatable bonds is 4. The lowest BCUT2D eigenvalue weighted by atomic mass is 9.85. The summed E-state index contributed by atoms with van der Waals surface area (Å²) in [5.74, 6) is 0. The molecule has 0 fully saturated rings. The van der Waals surface area contributed by atoms with Gasteiger partial charge in [-0.1, -0.05) is 127 Å². The standard InChI is InChI=1S/C48H32OS/c1-3-4-11-29(2)30-18-20-31(21-19-30)45-34-13-5-7-15-36(34)46(37-16-8-6-14-35(37)45)32-22-27-44-42(28-32)41-26-24-39-40(48(41)50-44)25-23-38-33-12-9-10-17-43(33)49-47(38)39/h3-28H,1-2H3/b4-3-,29-11+. The Morgan fingerprint density at radius 2 is 1.06 bits per heavy atom. The SMILES string of the molecule is C/C=C\C=C(/C)c1ccc(-c2c3ccccc3c(-c3ccc4sc5c(ccc6c5ccc5c7ccccc7oc56)c4c3)c3ccccc23)cc1. The van der Waals surface area contributed by atoms with Crippen molar-refractivity contribution in [1.29, 1.82) is 0 Å². The van der Waals surface area contributed by atoms with Crippen molar-refractivity contribution < 1.29 is 4.42 Å². The van der Waals surface area contributed by atoms with E-state index in [1.54, 1.807) is 0 Å². The molecule has 2 aromatic heterocycles. The van der Waals surface area contributed by atoms with Gasteiger partial charge in [0, 0.05) is 41.7 Å². The summed E-state index contributed by atoms with van der Waals surface area (Å²) in [4.78, 5) is 0. The third-order valence-corrected chi connectivity index (χ3v) is 11.6. The zero-order valence-electron chi connectivity index (χ0n) is 27.8. The maximum absolute atomic E-state index is 6.42. The predicted octanol–water partition coefficient (Wildman–Crippen LogP) is 14.7. The summed E-state index contributed by atoms with van der Waals surface area (Å²) in [5, 5.41) is 12.4. The summed E-state index contributed by atoms with van der Waals surface area (Å²) < 4.78 is 9.02. The van der Waals surface area contributed by atoms with Crippen molar-refractivity contribution in [3.8, 4) is 22.3 Å². The third kappa shape index (κ3) is 4.32. The Bertz CT molecular complexity index is 2980. The molecule has 0 radical (unpaired) electrons. The monoisotopic (exact) mass is 656 g/mol. The lowest BCUT2D eigenvalue weighted by Gasteiger charge is -2.18. The first-order valence-electron chi connectivity index (χ1n) is 17.2. The first kappa shape index (κ1) is 29.0. The molecule has 0 saturated carbocycles. The molecule has 10 rings (SSSR count). The fourth-order valence-electron chi connectivity index (χ4n) is 7.96. The summed E-state index contributed by atoms with van der Waals surface area (Å²) in [5.41, 5.74) is 9.44. The van der Waals surface area contributed by atoms with E-state index in [2.05, 4.69) is 166 Å². The van der Waals surface area contributed by atoms with Crippen molar-refractivity contribution in [2.45, 2.75) is 13.8 Å². The molecule has 2 heteroatoms. The van der Waals surface area contributed by atoms with Crippen molar-refractivity contribution in [3.63, 3.8) is 0 Å². The fourth-order valence-corrected chi connectivity index (χ4v) is 9.18. The summed E-state index contributed by atoms with van der Waals surface area (Å²) in [7, 11) is 0. The molecule has 0 saturated heterocycles. The molecule has 0 aliphatic heterocycles. The van der Waals surface area contributed by atoms with E-state index in [9.17, 15) is 0 Å². The number of benzene rings is 8. The van der Waals surface area contributed by atoms with E-state index in [4.69, 9.17) is 4.42 Å². The van der Waals surface area contributed by atoms with Gasteiger partial charge in [-0.15, -0.1) is 11.3 Å². The van der Waals surface area contributed by atoms with Crippen LogP contribution in [-0.2, 0) is 0 Å². The largest absolute Gasteiger partial charge is 0.455 e. The van der Waals surface area contributed by atoms with Gasteiger partial charge in [0.15, 0.2) is 0 Å². The summed E-state index contributed by atoms with van der Waals surface area (Å²) in [6, 6.07) is 51.4. The van der Waals surface area contributed by atoms with Gasteiger partial charge in [0.05, 0.1) is 0 Å². The molecule has 0 aliphatic rings. The minimum atomic E-state index is 0.936. The molecular weight excluding hydrogens is 625 g/mol. The van der Waals surface area contributed by atoms with Crippen molar-refractivity contribution >= 4 is 91.3 Å². The van der Waals surface area contributed by atoms with E-state index in [1.165, 1.54) is 96.7 Å². The number of allylic oxidation sites excluding steroid dienone is 4. The van der Waals surface area contributed by atoms with Gasteiger partial charge in [-0.3, -0.25) is 0 Å². The Balaban J connectivity index is 1.18. The van der Waals surface area contributed by atoms with Crippen LogP contribution in [0.5, 0.6) is 0 Å². The minimum absolute atomic E-state index is 0.936. The van der Waals surface area contributed by atoms with E-state index in [-0.39, 0.29) is 0 Å². The van der Waals surface area contributed by atoms with Gasteiger partial charge in [-0.05, 0) is 99.1 Å². The Morgan fingerprint density at radius 3 is 1.72 bits per heavy atom. The van der Waals surface area contributed by atoms with Crippen molar-refractivity contribution in [3.05, 3.63) is 163 Å². The van der Waals surface area contributed by atoms with Gasteiger partial charge >= 0.3 is 0 Å². The van der Waals surface area contributed by atoms with E-state index >= 15 is 0 Å². The molecule has 0 unspecified atom stereocenters. The Hall–Kier alpha value is -5.96.